The second kappa shape index (κ2) is 5.04. The van der Waals surface area contributed by atoms with Gasteiger partial charge in [0, 0.05) is 25.2 Å². The third-order valence-corrected chi connectivity index (χ3v) is 4.12. The fraction of sp³-hybridized carbons (Fsp3) is 0.438. The van der Waals surface area contributed by atoms with Gasteiger partial charge in [-0.15, -0.1) is 0 Å². The van der Waals surface area contributed by atoms with Gasteiger partial charge in [0.25, 0.3) is 0 Å². The quantitative estimate of drug-likeness (QED) is 0.884. The summed E-state index contributed by atoms with van der Waals surface area (Å²) in [6.45, 7) is 6.25. The Bertz CT molecular complexity index is 600. The van der Waals surface area contributed by atoms with E-state index in [9.17, 15) is 5.11 Å². The zero-order chi connectivity index (χ0) is 14.2. The average molecular weight is 271 g/mol. The van der Waals surface area contributed by atoms with Crippen LogP contribution in [0.5, 0.6) is 0 Å². The molecule has 0 bridgehead atoms. The normalized spacial score (nSPS) is 16.9. The molecule has 20 heavy (non-hydrogen) atoms. The molecule has 2 aromatic rings. The number of hydrogen-bond donors (Lipinski definition) is 2. The summed E-state index contributed by atoms with van der Waals surface area (Å²) in [5.41, 5.74) is 4.03. The van der Waals surface area contributed by atoms with Crippen molar-refractivity contribution in [2.45, 2.75) is 32.4 Å². The number of aryl methyl sites for hydroxylation is 1. The lowest BCUT2D eigenvalue weighted by molar-refractivity contribution is -0.00928. The van der Waals surface area contributed by atoms with E-state index in [1.165, 1.54) is 11.1 Å². The van der Waals surface area contributed by atoms with E-state index < -0.39 is 5.60 Å². The maximum Gasteiger partial charge on any atom is 0.0936 e. The molecule has 1 aromatic heterocycles. The molecule has 0 radical (unpaired) electrons. The van der Waals surface area contributed by atoms with Crippen LogP contribution in [0.4, 0.5) is 0 Å². The molecule has 0 unspecified atom stereocenters. The van der Waals surface area contributed by atoms with Crippen molar-refractivity contribution in [3.05, 3.63) is 52.8 Å². The number of nitrogens with one attached hydrogen (secondary N) is 1. The number of rotatable bonds is 4. The zero-order valence-corrected chi connectivity index (χ0v) is 12.1. The minimum absolute atomic E-state index is 0.587. The SMILES string of the molecule is Cc1nn(Cc2ccccc2)c(C)c1CC1(O)CNC1. The first-order valence-corrected chi connectivity index (χ1v) is 7.07. The van der Waals surface area contributed by atoms with Gasteiger partial charge < -0.3 is 10.4 Å². The van der Waals surface area contributed by atoms with Crippen molar-refractivity contribution in [2.75, 3.05) is 13.1 Å². The topological polar surface area (TPSA) is 50.1 Å². The summed E-state index contributed by atoms with van der Waals surface area (Å²) >= 11 is 0. The highest BCUT2D eigenvalue weighted by Gasteiger charge is 2.35. The Kier molecular flexibility index (Phi) is 3.36. The molecule has 4 nitrogen and oxygen atoms in total. The molecule has 0 aliphatic carbocycles. The Balaban J connectivity index is 1.83. The maximum atomic E-state index is 10.3. The van der Waals surface area contributed by atoms with Crippen molar-refractivity contribution in [1.82, 2.24) is 15.1 Å². The highest BCUT2D eigenvalue weighted by atomic mass is 16.3. The van der Waals surface area contributed by atoms with E-state index in [4.69, 9.17) is 0 Å². The van der Waals surface area contributed by atoms with Gasteiger partial charge in [-0.3, -0.25) is 4.68 Å². The molecule has 0 atom stereocenters. The van der Waals surface area contributed by atoms with Gasteiger partial charge in [-0.05, 0) is 25.0 Å². The lowest BCUT2D eigenvalue weighted by Crippen LogP contribution is -2.60. The molecule has 1 aromatic carbocycles. The van der Waals surface area contributed by atoms with E-state index in [0.29, 0.717) is 19.5 Å². The predicted octanol–water partition coefficient (Wildman–Crippen LogP) is 1.43. The van der Waals surface area contributed by atoms with Crippen molar-refractivity contribution >= 4 is 0 Å². The van der Waals surface area contributed by atoms with Crippen LogP contribution >= 0.6 is 0 Å². The van der Waals surface area contributed by atoms with Crippen molar-refractivity contribution in [1.29, 1.82) is 0 Å². The molecule has 1 aliphatic rings. The number of benzene rings is 1. The number of aliphatic hydroxyl groups is 1. The molecule has 106 valence electrons. The number of nitrogens with zero attached hydrogens (tertiary/aromatic N) is 2. The Morgan fingerprint density at radius 1 is 1.25 bits per heavy atom. The number of hydrogen-bond acceptors (Lipinski definition) is 3. The fourth-order valence-corrected chi connectivity index (χ4v) is 2.77. The molecule has 2 heterocycles. The molecule has 0 spiro atoms. The second-order valence-corrected chi connectivity index (χ2v) is 5.80. The first kappa shape index (κ1) is 13.3. The third kappa shape index (κ3) is 2.49. The fourth-order valence-electron chi connectivity index (χ4n) is 2.77. The van der Waals surface area contributed by atoms with Crippen LogP contribution in [-0.2, 0) is 13.0 Å². The van der Waals surface area contributed by atoms with Crippen LogP contribution in [0.2, 0.25) is 0 Å². The zero-order valence-electron chi connectivity index (χ0n) is 12.1. The van der Waals surface area contributed by atoms with Gasteiger partial charge in [0.2, 0.25) is 0 Å². The van der Waals surface area contributed by atoms with E-state index in [1.807, 2.05) is 29.8 Å². The van der Waals surface area contributed by atoms with Crippen LogP contribution in [0.25, 0.3) is 0 Å². The molecule has 2 N–H and O–H groups in total. The second-order valence-electron chi connectivity index (χ2n) is 5.80. The third-order valence-electron chi connectivity index (χ3n) is 4.12. The predicted molar refractivity (Wildman–Crippen MR) is 78.8 cm³/mol. The monoisotopic (exact) mass is 271 g/mol. The van der Waals surface area contributed by atoms with Crippen molar-refractivity contribution in [2.24, 2.45) is 0 Å². The summed E-state index contributed by atoms with van der Waals surface area (Å²) in [7, 11) is 0. The first-order valence-electron chi connectivity index (χ1n) is 7.07. The lowest BCUT2D eigenvalue weighted by Gasteiger charge is -2.37. The van der Waals surface area contributed by atoms with E-state index in [-0.39, 0.29) is 0 Å². The van der Waals surface area contributed by atoms with E-state index >= 15 is 0 Å². The molecule has 0 amide bonds. The van der Waals surface area contributed by atoms with Crippen LogP contribution in [0, 0.1) is 13.8 Å². The van der Waals surface area contributed by atoms with Crippen LogP contribution in [0.15, 0.2) is 30.3 Å². The molecule has 1 fully saturated rings. The number of β-amino-alcohol motifs (C(OH)–C–C–N with tert-alkyl or cyclic N) is 1. The summed E-state index contributed by atoms with van der Waals surface area (Å²) in [6.07, 6.45) is 0.687. The van der Waals surface area contributed by atoms with Crippen molar-refractivity contribution in [3.63, 3.8) is 0 Å². The van der Waals surface area contributed by atoms with E-state index in [2.05, 4.69) is 29.5 Å². The van der Waals surface area contributed by atoms with Crippen molar-refractivity contribution < 1.29 is 5.11 Å². The standard InChI is InChI=1S/C16H21N3O/c1-12-15(8-16(20)10-17-11-16)13(2)19(18-12)9-14-6-4-3-5-7-14/h3-7,17,20H,8-11H2,1-2H3. The van der Waals surface area contributed by atoms with E-state index in [1.54, 1.807) is 0 Å². The van der Waals surface area contributed by atoms with Gasteiger partial charge in [0.1, 0.15) is 0 Å². The smallest absolute Gasteiger partial charge is 0.0936 e. The minimum Gasteiger partial charge on any atom is -0.387 e. The Labute approximate surface area is 119 Å². The summed E-state index contributed by atoms with van der Waals surface area (Å²) in [5, 5.41) is 18.1. The van der Waals surface area contributed by atoms with Gasteiger partial charge in [-0.25, -0.2) is 0 Å². The maximum absolute atomic E-state index is 10.3. The molecule has 3 rings (SSSR count). The first-order chi connectivity index (χ1) is 9.57. The van der Waals surface area contributed by atoms with E-state index in [0.717, 1.165) is 17.9 Å². The van der Waals surface area contributed by atoms with Crippen molar-refractivity contribution in [3.8, 4) is 0 Å². The largest absolute Gasteiger partial charge is 0.387 e. The highest BCUT2D eigenvalue weighted by molar-refractivity contribution is 5.28. The highest BCUT2D eigenvalue weighted by Crippen LogP contribution is 2.23. The lowest BCUT2D eigenvalue weighted by atomic mass is 9.88. The van der Waals surface area contributed by atoms with Crippen LogP contribution < -0.4 is 5.32 Å². The summed E-state index contributed by atoms with van der Waals surface area (Å²) in [6, 6.07) is 10.3. The molecular weight excluding hydrogens is 250 g/mol. The molecule has 1 saturated heterocycles. The summed E-state index contributed by atoms with van der Waals surface area (Å²) < 4.78 is 2.04. The van der Waals surface area contributed by atoms with Gasteiger partial charge in [0.05, 0.1) is 17.8 Å². The van der Waals surface area contributed by atoms with Gasteiger partial charge in [-0.2, -0.15) is 5.10 Å². The Hall–Kier alpha value is -1.65. The summed E-state index contributed by atoms with van der Waals surface area (Å²) in [5.74, 6) is 0. The summed E-state index contributed by atoms with van der Waals surface area (Å²) in [4.78, 5) is 0. The van der Waals surface area contributed by atoms with Crippen LogP contribution in [0.3, 0.4) is 0 Å². The van der Waals surface area contributed by atoms with Crippen LogP contribution in [-0.4, -0.2) is 33.6 Å². The Morgan fingerprint density at radius 3 is 2.55 bits per heavy atom. The van der Waals surface area contributed by atoms with Gasteiger partial charge >= 0.3 is 0 Å². The number of aromatic nitrogens is 2. The molecule has 0 saturated carbocycles. The molecular formula is C16H21N3O. The average Bonchev–Trinajstić information content (AvgIpc) is 2.66. The van der Waals surface area contributed by atoms with Crippen LogP contribution in [0.1, 0.15) is 22.5 Å². The van der Waals surface area contributed by atoms with Gasteiger partial charge in [-0.1, -0.05) is 30.3 Å². The molecule has 1 aliphatic heterocycles. The Morgan fingerprint density at radius 2 is 1.95 bits per heavy atom. The molecule has 4 heteroatoms. The minimum atomic E-state index is -0.587. The van der Waals surface area contributed by atoms with Gasteiger partial charge in [0.15, 0.2) is 0 Å².